The molecule has 0 unspecified atom stereocenters. The quantitative estimate of drug-likeness (QED) is 0.619. The van der Waals surface area contributed by atoms with Gasteiger partial charge in [-0.05, 0) is 36.9 Å². The van der Waals surface area contributed by atoms with Crippen LogP contribution in [0.5, 0.6) is 0 Å². The van der Waals surface area contributed by atoms with Crippen LogP contribution in [-0.2, 0) is 9.59 Å². The summed E-state index contributed by atoms with van der Waals surface area (Å²) in [6.45, 7) is 6.60. The predicted molar refractivity (Wildman–Crippen MR) is 108 cm³/mol. The van der Waals surface area contributed by atoms with Gasteiger partial charge in [-0.15, -0.1) is 0 Å². The van der Waals surface area contributed by atoms with Crippen molar-refractivity contribution in [3.63, 3.8) is 0 Å². The average Bonchev–Trinajstić information content (AvgIpc) is 2.67. The van der Waals surface area contributed by atoms with Crippen molar-refractivity contribution in [3.8, 4) is 0 Å². The Hall–Kier alpha value is -1.92. The fourth-order valence-corrected chi connectivity index (χ4v) is 3.54. The normalized spacial score (nSPS) is 17.7. The van der Waals surface area contributed by atoms with Crippen LogP contribution in [0.1, 0.15) is 57.4 Å². The van der Waals surface area contributed by atoms with Crippen LogP contribution in [0.15, 0.2) is 24.3 Å². The van der Waals surface area contributed by atoms with E-state index in [9.17, 15) is 14.7 Å². The summed E-state index contributed by atoms with van der Waals surface area (Å²) in [6.07, 6.45) is 3.66. The van der Waals surface area contributed by atoms with Crippen molar-refractivity contribution in [2.45, 2.75) is 57.9 Å². The van der Waals surface area contributed by atoms with Gasteiger partial charge >= 0.3 is 0 Å². The van der Waals surface area contributed by atoms with Gasteiger partial charge in [-0.3, -0.25) is 14.5 Å². The first-order chi connectivity index (χ1) is 13.0. The van der Waals surface area contributed by atoms with Crippen molar-refractivity contribution in [3.05, 3.63) is 29.8 Å². The lowest BCUT2D eigenvalue weighted by Gasteiger charge is -2.34. The molecule has 1 atom stereocenters. The van der Waals surface area contributed by atoms with Crippen LogP contribution in [-0.4, -0.2) is 54.1 Å². The van der Waals surface area contributed by atoms with E-state index in [1.165, 1.54) is 0 Å². The van der Waals surface area contributed by atoms with Gasteiger partial charge in [0.25, 0.3) is 0 Å². The van der Waals surface area contributed by atoms with Crippen molar-refractivity contribution in [2.24, 2.45) is 0 Å². The maximum Gasteiger partial charge on any atom is 0.224 e. The number of aliphatic hydroxyl groups is 1. The zero-order valence-electron chi connectivity index (χ0n) is 16.5. The molecule has 2 rings (SSSR count). The Bertz CT molecular complexity index is 618. The van der Waals surface area contributed by atoms with Crippen molar-refractivity contribution in [1.82, 2.24) is 10.2 Å². The van der Waals surface area contributed by atoms with E-state index < -0.39 is 0 Å². The number of nitrogens with one attached hydrogen (secondary N) is 2. The zero-order chi connectivity index (χ0) is 19.6. The highest BCUT2D eigenvalue weighted by atomic mass is 16.3. The number of rotatable bonds is 9. The third kappa shape index (κ3) is 6.96. The summed E-state index contributed by atoms with van der Waals surface area (Å²) >= 11 is 0. The molecule has 27 heavy (non-hydrogen) atoms. The molecule has 1 aliphatic heterocycles. The fourth-order valence-electron chi connectivity index (χ4n) is 3.54. The van der Waals surface area contributed by atoms with Crippen LogP contribution in [0.2, 0.25) is 0 Å². The smallest absolute Gasteiger partial charge is 0.224 e. The lowest BCUT2D eigenvalue weighted by atomic mass is 10.0. The maximum absolute atomic E-state index is 12.2. The Labute approximate surface area is 162 Å². The highest BCUT2D eigenvalue weighted by Crippen LogP contribution is 2.23. The van der Waals surface area contributed by atoms with E-state index in [4.69, 9.17) is 0 Å². The van der Waals surface area contributed by atoms with E-state index in [2.05, 4.69) is 29.4 Å². The maximum atomic E-state index is 12.2. The van der Waals surface area contributed by atoms with Crippen LogP contribution in [0.3, 0.4) is 0 Å². The number of piperidine rings is 1. The van der Waals surface area contributed by atoms with Crippen LogP contribution in [0, 0.1) is 0 Å². The summed E-state index contributed by atoms with van der Waals surface area (Å²) in [7, 11) is 0. The highest BCUT2D eigenvalue weighted by Gasteiger charge is 2.21. The van der Waals surface area contributed by atoms with Crippen molar-refractivity contribution < 1.29 is 14.7 Å². The van der Waals surface area contributed by atoms with E-state index in [0.717, 1.165) is 43.6 Å². The number of likely N-dealkylation sites (tertiary alicyclic amines) is 1. The molecule has 1 fully saturated rings. The van der Waals surface area contributed by atoms with E-state index in [1.54, 1.807) is 0 Å². The number of anilines is 1. The van der Waals surface area contributed by atoms with E-state index in [-0.39, 0.29) is 37.3 Å². The molecule has 0 aromatic heterocycles. The average molecular weight is 376 g/mol. The molecule has 1 saturated heterocycles. The predicted octanol–water partition coefficient (Wildman–Crippen LogP) is 2.49. The molecule has 1 heterocycles. The number of amides is 2. The molecule has 3 N–H and O–H groups in total. The number of hydrogen-bond acceptors (Lipinski definition) is 4. The van der Waals surface area contributed by atoms with E-state index >= 15 is 0 Å². The van der Waals surface area contributed by atoms with Gasteiger partial charge in [0.2, 0.25) is 11.8 Å². The Morgan fingerprint density at radius 2 is 1.93 bits per heavy atom. The van der Waals surface area contributed by atoms with Gasteiger partial charge in [0.15, 0.2) is 0 Å². The minimum absolute atomic E-state index is 0.111. The Kier molecular flexibility index (Phi) is 8.75. The van der Waals surface area contributed by atoms with Crippen molar-refractivity contribution >= 4 is 17.5 Å². The molecule has 6 heteroatoms. The molecular weight excluding hydrogens is 342 g/mol. The molecule has 6 nitrogen and oxygen atoms in total. The monoisotopic (exact) mass is 375 g/mol. The Morgan fingerprint density at radius 3 is 2.67 bits per heavy atom. The number of carbonyl (C=O) groups is 2. The van der Waals surface area contributed by atoms with Crippen molar-refractivity contribution in [2.75, 3.05) is 31.6 Å². The molecule has 0 radical (unpaired) electrons. The summed E-state index contributed by atoms with van der Waals surface area (Å²) < 4.78 is 0. The molecule has 1 aromatic rings. The number of para-hydroxylation sites is 1. The van der Waals surface area contributed by atoms with Gasteiger partial charge in [0.1, 0.15) is 0 Å². The summed E-state index contributed by atoms with van der Waals surface area (Å²) in [6, 6.07) is 7.97. The lowest BCUT2D eigenvalue weighted by Crippen LogP contribution is -2.45. The molecule has 1 aromatic carbocycles. The number of aliphatic hydroxyl groups excluding tert-OH is 1. The topological polar surface area (TPSA) is 81.7 Å². The van der Waals surface area contributed by atoms with Gasteiger partial charge < -0.3 is 15.7 Å². The van der Waals surface area contributed by atoms with Gasteiger partial charge in [-0.25, -0.2) is 0 Å². The highest BCUT2D eigenvalue weighted by molar-refractivity contribution is 5.93. The number of benzene rings is 1. The minimum atomic E-state index is -0.144. The van der Waals surface area contributed by atoms with Gasteiger partial charge in [0.05, 0.1) is 6.61 Å². The van der Waals surface area contributed by atoms with Crippen LogP contribution >= 0.6 is 0 Å². The third-order valence-electron chi connectivity index (χ3n) is 5.12. The first kappa shape index (κ1) is 21.4. The van der Waals surface area contributed by atoms with Gasteiger partial charge in [0, 0.05) is 37.7 Å². The molecular formula is C21H33N3O3. The standard InChI is InChI=1S/C21H33N3O3/c1-16(2)18-8-3-4-9-19(18)23-21(27)11-10-20(26)22-12-14-24-13-6-5-7-17(24)15-25/h3-4,8-9,16-17,25H,5-7,10-15H2,1-2H3,(H,22,26)(H,23,27)/t17-/m1/s1. The second kappa shape index (κ2) is 11.0. The minimum Gasteiger partial charge on any atom is -0.395 e. The summed E-state index contributed by atoms with van der Waals surface area (Å²) in [5, 5.41) is 15.2. The summed E-state index contributed by atoms with van der Waals surface area (Å²) in [4.78, 5) is 26.4. The molecule has 0 saturated carbocycles. The molecule has 0 bridgehead atoms. The molecule has 1 aliphatic rings. The SMILES string of the molecule is CC(C)c1ccccc1NC(=O)CCC(=O)NCCN1CCCC[C@@H]1CO. The molecule has 0 spiro atoms. The summed E-state index contributed by atoms with van der Waals surface area (Å²) in [5.41, 5.74) is 1.91. The van der Waals surface area contributed by atoms with Gasteiger partial charge in [-0.1, -0.05) is 38.5 Å². The molecule has 150 valence electrons. The van der Waals surface area contributed by atoms with Crippen LogP contribution in [0.25, 0.3) is 0 Å². The van der Waals surface area contributed by atoms with E-state index in [0.29, 0.717) is 12.5 Å². The zero-order valence-corrected chi connectivity index (χ0v) is 16.5. The number of nitrogens with zero attached hydrogens (tertiary/aromatic N) is 1. The first-order valence-corrected chi connectivity index (χ1v) is 10.0. The van der Waals surface area contributed by atoms with Gasteiger partial charge in [-0.2, -0.15) is 0 Å². The molecule has 0 aliphatic carbocycles. The third-order valence-corrected chi connectivity index (χ3v) is 5.12. The largest absolute Gasteiger partial charge is 0.395 e. The second-order valence-electron chi connectivity index (χ2n) is 7.51. The second-order valence-corrected chi connectivity index (χ2v) is 7.51. The van der Waals surface area contributed by atoms with Crippen LogP contribution in [0.4, 0.5) is 5.69 Å². The Morgan fingerprint density at radius 1 is 1.19 bits per heavy atom. The summed E-state index contributed by atoms with van der Waals surface area (Å²) in [5.74, 6) is 0.0665. The number of hydrogen-bond donors (Lipinski definition) is 3. The van der Waals surface area contributed by atoms with Crippen molar-refractivity contribution in [1.29, 1.82) is 0 Å². The Balaban J connectivity index is 1.68. The molecule has 2 amide bonds. The first-order valence-electron chi connectivity index (χ1n) is 10.0. The number of carbonyl (C=O) groups excluding carboxylic acids is 2. The fraction of sp³-hybridized carbons (Fsp3) is 0.619. The van der Waals surface area contributed by atoms with Crippen LogP contribution < -0.4 is 10.6 Å². The van der Waals surface area contributed by atoms with E-state index in [1.807, 2.05) is 24.3 Å². The lowest BCUT2D eigenvalue weighted by molar-refractivity contribution is -0.124.